The number of aliphatic imine (C=N–C) groups is 1. The van der Waals surface area contributed by atoms with Crippen LogP contribution in [0.25, 0.3) is 0 Å². The average molecular weight is 471 g/mol. The zero-order valence-corrected chi connectivity index (χ0v) is 18.4. The van der Waals surface area contributed by atoms with E-state index in [-0.39, 0.29) is 24.0 Å². The van der Waals surface area contributed by atoms with Gasteiger partial charge in [-0.1, -0.05) is 56.3 Å². The number of guanidine groups is 1. The lowest BCUT2D eigenvalue weighted by Gasteiger charge is -2.16. The second kappa shape index (κ2) is 11.9. The van der Waals surface area contributed by atoms with Gasteiger partial charge in [0.15, 0.2) is 11.8 Å². The largest absolute Gasteiger partial charge is 0.356 e. The first-order valence-corrected chi connectivity index (χ1v) is 8.92. The van der Waals surface area contributed by atoms with Crippen molar-refractivity contribution in [3.8, 4) is 0 Å². The Kier molecular flexibility index (Phi) is 10.2. The van der Waals surface area contributed by atoms with E-state index in [0.717, 1.165) is 37.7 Å². The van der Waals surface area contributed by atoms with Gasteiger partial charge in [0, 0.05) is 32.5 Å². The van der Waals surface area contributed by atoms with Gasteiger partial charge in [-0.15, -0.1) is 24.0 Å². The molecule has 2 aromatic rings. The lowest BCUT2D eigenvalue weighted by Crippen LogP contribution is -2.39. The fourth-order valence-electron chi connectivity index (χ4n) is 2.42. The molecule has 0 amide bonds. The molecule has 0 aliphatic carbocycles. The standard InChI is InChI=1S/C19H29N5O.HI/c1-14(2)18-23-17(25-24-18)11-8-12-21-19(20-4)22-13-15(3)16-9-6-5-7-10-16;/h5-7,9-10,14-15H,8,11-13H2,1-4H3,(H2,20,21,22);1H. The van der Waals surface area contributed by atoms with Crippen LogP contribution in [-0.4, -0.2) is 36.2 Å². The van der Waals surface area contributed by atoms with Gasteiger partial charge in [-0.25, -0.2) is 0 Å². The Morgan fingerprint density at radius 1 is 1.15 bits per heavy atom. The van der Waals surface area contributed by atoms with Crippen molar-refractivity contribution in [2.24, 2.45) is 4.99 Å². The Hall–Kier alpha value is -1.64. The highest BCUT2D eigenvalue weighted by Crippen LogP contribution is 2.13. The van der Waals surface area contributed by atoms with E-state index in [1.807, 2.05) is 6.07 Å². The minimum Gasteiger partial charge on any atom is -0.356 e. The quantitative estimate of drug-likeness (QED) is 0.266. The summed E-state index contributed by atoms with van der Waals surface area (Å²) in [5.74, 6) is 3.01. The van der Waals surface area contributed by atoms with E-state index in [1.165, 1.54) is 5.56 Å². The molecule has 2 N–H and O–H groups in total. The molecular formula is C19H30IN5O. The summed E-state index contributed by atoms with van der Waals surface area (Å²) in [7, 11) is 1.79. The average Bonchev–Trinajstić information content (AvgIpc) is 3.11. The van der Waals surface area contributed by atoms with Crippen molar-refractivity contribution in [2.45, 2.75) is 45.4 Å². The molecule has 1 heterocycles. The van der Waals surface area contributed by atoms with Crippen LogP contribution in [0.2, 0.25) is 0 Å². The first-order chi connectivity index (χ1) is 12.1. The molecule has 6 nitrogen and oxygen atoms in total. The first-order valence-electron chi connectivity index (χ1n) is 8.92. The summed E-state index contributed by atoms with van der Waals surface area (Å²) in [6.45, 7) is 7.96. The van der Waals surface area contributed by atoms with Crippen LogP contribution in [0.1, 0.15) is 56.3 Å². The molecule has 0 aliphatic heterocycles. The van der Waals surface area contributed by atoms with Crippen LogP contribution < -0.4 is 10.6 Å². The van der Waals surface area contributed by atoms with Gasteiger partial charge in [0.25, 0.3) is 0 Å². The Morgan fingerprint density at radius 2 is 1.88 bits per heavy atom. The number of hydrogen-bond acceptors (Lipinski definition) is 4. The summed E-state index contributed by atoms with van der Waals surface area (Å²) in [5.41, 5.74) is 1.32. The number of aromatic nitrogens is 2. The first kappa shape index (κ1) is 22.4. The zero-order valence-electron chi connectivity index (χ0n) is 16.0. The second-order valence-corrected chi connectivity index (χ2v) is 6.50. The molecule has 0 spiro atoms. The van der Waals surface area contributed by atoms with Gasteiger partial charge in [0.1, 0.15) is 0 Å². The van der Waals surface area contributed by atoms with E-state index in [9.17, 15) is 0 Å². The smallest absolute Gasteiger partial charge is 0.226 e. The van der Waals surface area contributed by atoms with Crippen molar-refractivity contribution < 1.29 is 4.52 Å². The number of hydrogen-bond donors (Lipinski definition) is 2. The topological polar surface area (TPSA) is 75.3 Å². The highest BCUT2D eigenvalue weighted by atomic mass is 127. The summed E-state index contributed by atoms with van der Waals surface area (Å²) >= 11 is 0. The molecule has 2 rings (SSSR count). The van der Waals surface area contributed by atoms with E-state index >= 15 is 0 Å². The van der Waals surface area contributed by atoms with E-state index < -0.39 is 0 Å². The Labute approximate surface area is 173 Å². The molecule has 1 unspecified atom stereocenters. The molecule has 0 fully saturated rings. The summed E-state index contributed by atoms with van der Waals surface area (Å²) < 4.78 is 5.25. The summed E-state index contributed by atoms with van der Waals surface area (Å²) in [6.07, 6.45) is 1.68. The van der Waals surface area contributed by atoms with Gasteiger partial charge in [-0.3, -0.25) is 4.99 Å². The van der Waals surface area contributed by atoms with Crippen LogP contribution in [0.15, 0.2) is 39.8 Å². The van der Waals surface area contributed by atoms with Crippen molar-refractivity contribution in [2.75, 3.05) is 20.1 Å². The Bertz CT molecular complexity index is 657. The monoisotopic (exact) mass is 471 g/mol. The zero-order chi connectivity index (χ0) is 18.1. The highest BCUT2D eigenvalue weighted by Gasteiger charge is 2.09. The summed E-state index contributed by atoms with van der Waals surface area (Å²) in [4.78, 5) is 8.66. The molecular weight excluding hydrogens is 441 g/mol. The molecule has 0 aliphatic rings. The molecule has 1 aromatic heterocycles. The van der Waals surface area contributed by atoms with Gasteiger partial charge < -0.3 is 15.2 Å². The third-order valence-corrected chi connectivity index (χ3v) is 4.03. The van der Waals surface area contributed by atoms with Crippen molar-refractivity contribution >= 4 is 29.9 Å². The minimum absolute atomic E-state index is 0. The van der Waals surface area contributed by atoms with Crippen LogP contribution in [0, 0.1) is 0 Å². The normalized spacial score (nSPS) is 12.6. The molecule has 0 bridgehead atoms. The number of nitrogens with one attached hydrogen (secondary N) is 2. The van der Waals surface area contributed by atoms with Crippen LogP contribution in [0.3, 0.4) is 0 Å². The third kappa shape index (κ3) is 7.31. The highest BCUT2D eigenvalue weighted by molar-refractivity contribution is 14.0. The fourth-order valence-corrected chi connectivity index (χ4v) is 2.42. The lowest BCUT2D eigenvalue weighted by molar-refractivity contribution is 0.368. The molecule has 26 heavy (non-hydrogen) atoms. The maximum absolute atomic E-state index is 5.25. The number of aryl methyl sites for hydroxylation is 1. The van der Waals surface area contributed by atoms with Gasteiger partial charge in [-0.05, 0) is 17.9 Å². The maximum atomic E-state index is 5.25. The molecule has 1 atom stereocenters. The van der Waals surface area contributed by atoms with E-state index in [4.69, 9.17) is 4.52 Å². The molecule has 144 valence electrons. The SMILES string of the molecule is CN=C(NCCCc1nc(C(C)C)no1)NCC(C)c1ccccc1.I. The maximum Gasteiger partial charge on any atom is 0.226 e. The van der Waals surface area contributed by atoms with Crippen LogP contribution in [0.4, 0.5) is 0 Å². The predicted molar refractivity (Wildman–Crippen MR) is 116 cm³/mol. The van der Waals surface area contributed by atoms with E-state index in [2.05, 4.69) is 70.8 Å². The number of nitrogens with zero attached hydrogens (tertiary/aromatic N) is 3. The predicted octanol–water partition coefficient (Wildman–Crippen LogP) is 3.71. The number of halogens is 1. The van der Waals surface area contributed by atoms with Gasteiger partial charge in [-0.2, -0.15) is 4.98 Å². The van der Waals surface area contributed by atoms with Crippen molar-refractivity contribution in [1.29, 1.82) is 0 Å². The van der Waals surface area contributed by atoms with Gasteiger partial charge in [0.2, 0.25) is 5.89 Å². The van der Waals surface area contributed by atoms with Crippen LogP contribution in [0.5, 0.6) is 0 Å². The third-order valence-electron chi connectivity index (χ3n) is 4.03. The number of benzene rings is 1. The van der Waals surface area contributed by atoms with Crippen molar-refractivity contribution in [3.05, 3.63) is 47.6 Å². The van der Waals surface area contributed by atoms with Crippen LogP contribution in [-0.2, 0) is 6.42 Å². The van der Waals surface area contributed by atoms with Gasteiger partial charge in [0.05, 0.1) is 0 Å². The molecule has 7 heteroatoms. The second-order valence-electron chi connectivity index (χ2n) is 6.50. The summed E-state index contributed by atoms with van der Waals surface area (Å²) in [5, 5.41) is 10.7. The molecule has 0 saturated heterocycles. The summed E-state index contributed by atoms with van der Waals surface area (Å²) in [6, 6.07) is 10.5. The number of rotatable bonds is 8. The lowest BCUT2D eigenvalue weighted by atomic mass is 10.0. The molecule has 1 aromatic carbocycles. The van der Waals surface area contributed by atoms with Crippen molar-refractivity contribution in [3.63, 3.8) is 0 Å². The fraction of sp³-hybridized carbons (Fsp3) is 0.526. The molecule has 0 radical (unpaired) electrons. The molecule has 0 saturated carbocycles. The Morgan fingerprint density at radius 3 is 2.50 bits per heavy atom. The van der Waals surface area contributed by atoms with E-state index in [0.29, 0.717) is 17.7 Å². The van der Waals surface area contributed by atoms with E-state index in [1.54, 1.807) is 7.05 Å². The van der Waals surface area contributed by atoms with Crippen LogP contribution >= 0.6 is 24.0 Å². The van der Waals surface area contributed by atoms with Crippen molar-refractivity contribution in [1.82, 2.24) is 20.8 Å². The van der Waals surface area contributed by atoms with Gasteiger partial charge >= 0.3 is 0 Å². The minimum atomic E-state index is 0. The Balaban J connectivity index is 0.00000338.